The van der Waals surface area contributed by atoms with E-state index in [9.17, 15) is 13.9 Å². The number of aliphatic hydroxyl groups excluding tert-OH is 1. The minimum absolute atomic E-state index is 0.0598. The molecule has 0 fully saturated rings. The van der Waals surface area contributed by atoms with Gasteiger partial charge in [0.15, 0.2) is 0 Å². The van der Waals surface area contributed by atoms with Gasteiger partial charge in [-0.15, -0.1) is 0 Å². The minimum Gasteiger partial charge on any atom is -0.386 e. The molecule has 0 radical (unpaired) electrons. The molecule has 1 N–H and O–H groups in total. The lowest BCUT2D eigenvalue weighted by atomic mass is 10.1. The van der Waals surface area contributed by atoms with Crippen LogP contribution in [0.1, 0.15) is 17.4 Å². The molecule has 0 saturated heterocycles. The van der Waals surface area contributed by atoms with Gasteiger partial charge in [-0.3, -0.25) is 4.68 Å². The molecule has 0 aliphatic rings. The Morgan fingerprint density at radius 1 is 1.44 bits per heavy atom. The number of halogens is 3. The average molecular weight is 317 g/mol. The molecule has 0 aliphatic carbocycles. The van der Waals surface area contributed by atoms with E-state index in [0.29, 0.717) is 10.2 Å². The van der Waals surface area contributed by atoms with E-state index in [1.807, 2.05) is 0 Å². The summed E-state index contributed by atoms with van der Waals surface area (Å²) in [7, 11) is 1.68. The number of hydrogen-bond donors (Lipinski definition) is 1. The van der Waals surface area contributed by atoms with Crippen LogP contribution >= 0.6 is 15.9 Å². The van der Waals surface area contributed by atoms with Crippen molar-refractivity contribution in [2.45, 2.75) is 12.5 Å². The molecule has 2 rings (SSSR count). The lowest BCUT2D eigenvalue weighted by Gasteiger charge is -2.12. The third-order valence-corrected chi connectivity index (χ3v) is 3.29. The molecule has 3 nitrogen and oxygen atoms in total. The fourth-order valence-corrected chi connectivity index (χ4v) is 2.40. The molecule has 96 valence electrons. The highest BCUT2D eigenvalue weighted by molar-refractivity contribution is 9.10. The molecule has 0 saturated carbocycles. The molecule has 0 bridgehead atoms. The van der Waals surface area contributed by atoms with Crippen LogP contribution in [0.2, 0.25) is 0 Å². The third kappa shape index (κ3) is 2.59. The maximum Gasteiger partial charge on any atom is 0.129 e. The molecule has 1 aromatic carbocycles. The number of rotatable bonds is 3. The normalized spacial score (nSPS) is 12.7. The first-order valence-corrected chi connectivity index (χ1v) is 6.07. The van der Waals surface area contributed by atoms with Crippen LogP contribution in [0, 0.1) is 11.6 Å². The van der Waals surface area contributed by atoms with Crippen LogP contribution in [-0.4, -0.2) is 14.9 Å². The maximum atomic E-state index is 13.5. The predicted molar refractivity (Wildman–Crippen MR) is 65.9 cm³/mol. The monoisotopic (exact) mass is 316 g/mol. The van der Waals surface area contributed by atoms with Crippen LogP contribution in [0.5, 0.6) is 0 Å². The number of benzene rings is 1. The number of nitrogens with zero attached hydrogens (tertiary/aromatic N) is 2. The number of aryl methyl sites for hydroxylation is 1. The lowest BCUT2D eigenvalue weighted by molar-refractivity contribution is 0.166. The molecular formula is C12H11BrF2N2O. The van der Waals surface area contributed by atoms with Gasteiger partial charge < -0.3 is 5.11 Å². The zero-order valence-electron chi connectivity index (χ0n) is 9.57. The smallest absolute Gasteiger partial charge is 0.129 e. The number of hydrogen-bond acceptors (Lipinski definition) is 2. The van der Waals surface area contributed by atoms with Crippen molar-refractivity contribution in [2.24, 2.45) is 7.05 Å². The Morgan fingerprint density at radius 2 is 2.17 bits per heavy atom. The van der Waals surface area contributed by atoms with Crippen LogP contribution < -0.4 is 0 Å². The van der Waals surface area contributed by atoms with Gasteiger partial charge in [0.2, 0.25) is 0 Å². The largest absolute Gasteiger partial charge is 0.386 e. The van der Waals surface area contributed by atoms with Crippen molar-refractivity contribution in [3.8, 4) is 0 Å². The molecule has 0 amide bonds. The van der Waals surface area contributed by atoms with Crippen LogP contribution in [-0.2, 0) is 13.5 Å². The minimum atomic E-state index is -0.910. The zero-order valence-corrected chi connectivity index (χ0v) is 11.2. The molecule has 1 unspecified atom stereocenters. The van der Waals surface area contributed by atoms with Gasteiger partial charge in [-0.05, 0) is 27.6 Å². The predicted octanol–water partition coefficient (Wildman–Crippen LogP) is 2.74. The van der Waals surface area contributed by atoms with Gasteiger partial charge in [0.25, 0.3) is 0 Å². The second kappa shape index (κ2) is 5.16. The van der Waals surface area contributed by atoms with Crippen molar-refractivity contribution >= 4 is 15.9 Å². The maximum absolute atomic E-state index is 13.5. The van der Waals surface area contributed by atoms with Gasteiger partial charge in [0.1, 0.15) is 17.7 Å². The van der Waals surface area contributed by atoms with Crippen molar-refractivity contribution in [3.63, 3.8) is 0 Å². The van der Waals surface area contributed by atoms with Crippen molar-refractivity contribution in [2.75, 3.05) is 0 Å². The standard InChI is InChI=1S/C12H11BrF2N2O/c1-17-12(9(13)6-16-17)11(18)4-7-2-3-8(14)5-10(7)15/h2-3,5-6,11,18H,4H2,1H3. The molecule has 6 heteroatoms. The Labute approximate surface area is 111 Å². The van der Waals surface area contributed by atoms with Crippen LogP contribution in [0.3, 0.4) is 0 Å². The summed E-state index contributed by atoms with van der Waals surface area (Å²) >= 11 is 3.26. The molecule has 1 atom stereocenters. The summed E-state index contributed by atoms with van der Waals surface area (Å²) in [5, 5.41) is 14.0. The van der Waals surface area contributed by atoms with Gasteiger partial charge in [0, 0.05) is 19.5 Å². The third-order valence-electron chi connectivity index (χ3n) is 2.68. The van der Waals surface area contributed by atoms with Crippen molar-refractivity contribution < 1.29 is 13.9 Å². The van der Waals surface area contributed by atoms with Crippen molar-refractivity contribution in [3.05, 3.63) is 51.8 Å². The topological polar surface area (TPSA) is 38.0 Å². The highest BCUT2D eigenvalue weighted by Gasteiger charge is 2.18. The van der Waals surface area contributed by atoms with Gasteiger partial charge in [-0.2, -0.15) is 5.10 Å². The Kier molecular flexibility index (Phi) is 3.77. The summed E-state index contributed by atoms with van der Waals surface area (Å²) in [6, 6.07) is 3.31. The summed E-state index contributed by atoms with van der Waals surface area (Å²) in [5.74, 6) is -1.29. The van der Waals surface area contributed by atoms with E-state index in [1.54, 1.807) is 13.2 Å². The molecular weight excluding hydrogens is 306 g/mol. The fraction of sp³-hybridized carbons (Fsp3) is 0.250. The fourth-order valence-electron chi connectivity index (χ4n) is 1.79. The SMILES string of the molecule is Cn1ncc(Br)c1C(O)Cc1ccc(F)cc1F. The molecule has 1 aromatic heterocycles. The van der Waals surface area contributed by atoms with Gasteiger partial charge >= 0.3 is 0 Å². The summed E-state index contributed by atoms with van der Waals surface area (Å²) < 4.78 is 28.4. The van der Waals surface area contributed by atoms with Crippen LogP contribution in [0.25, 0.3) is 0 Å². The molecule has 2 aromatic rings. The van der Waals surface area contributed by atoms with E-state index in [-0.39, 0.29) is 12.0 Å². The van der Waals surface area contributed by atoms with Crippen molar-refractivity contribution in [1.29, 1.82) is 0 Å². The zero-order chi connectivity index (χ0) is 13.3. The second-order valence-corrected chi connectivity index (χ2v) is 4.81. The molecule has 18 heavy (non-hydrogen) atoms. The van der Waals surface area contributed by atoms with E-state index in [4.69, 9.17) is 0 Å². The van der Waals surface area contributed by atoms with Crippen molar-refractivity contribution in [1.82, 2.24) is 9.78 Å². The highest BCUT2D eigenvalue weighted by Crippen LogP contribution is 2.26. The number of aromatic nitrogens is 2. The van der Waals surface area contributed by atoms with E-state index in [2.05, 4.69) is 21.0 Å². The first kappa shape index (κ1) is 13.2. The Balaban J connectivity index is 2.24. The van der Waals surface area contributed by atoms with Crippen LogP contribution in [0.15, 0.2) is 28.9 Å². The summed E-state index contributed by atoms with van der Waals surface area (Å²) in [5.41, 5.74) is 0.815. The van der Waals surface area contributed by atoms with Gasteiger partial charge in [-0.1, -0.05) is 6.07 Å². The molecule has 0 aliphatic heterocycles. The van der Waals surface area contributed by atoms with E-state index < -0.39 is 17.7 Å². The van der Waals surface area contributed by atoms with Crippen LogP contribution in [0.4, 0.5) is 8.78 Å². The number of aliphatic hydroxyl groups is 1. The van der Waals surface area contributed by atoms with Gasteiger partial charge in [-0.25, -0.2) is 8.78 Å². The van der Waals surface area contributed by atoms with E-state index >= 15 is 0 Å². The van der Waals surface area contributed by atoms with E-state index in [1.165, 1.54) is 16.8 Å². The Bertz CT molecular complexity index is 552. The second-order valence-electron chi connectivity index (χ2n) is 3.96. The average Bonchev–Trinajstić information content (AvgIpc) is 2.62. The summed E-state index contributed by atoms with van der Waals surface area (Å²) in [6.07, 6.45) is 0.705. The summed E-state index contributed by atoms with van der Waals surface area (Å²) in [6.45, 7) is 0. The first-order valence-electron chi connectivity index (χ1n) is 5.28. The first-order chi connectivity index (χ1) is 8.49. The lowest BCUT2D eigenvalue weighted by Crippen LogP contribution is -2.09. The highest BCUT2D eigenvalue weighted by atomic mass is 79.9. The summed E-state index contributed by atoms with van der Waals surface area (Å²) in [4.78, 5) is 0. The quantitative estimate of drug-likeness (QED) is 0.945. The molecule has 0 spiro atoms. The Hall–Kier alpha value is -1.27. The van der Waals surface area contributed by atoms with Gasteiger partial charge in [0.05, 0.1) is 16.4 Å². The van der Waals surface area contributed by atoms with E-state index in [0.717, 1.165) is 6.07 Å². The molecule has 1 heterocycles. The Morgan fingerprint density at radius 3 is 2.72 bits per heavy atom.